The lowest BCUT2D eigenvalue weighted by molar-refractivity contribution is -0.383. The largest absolute Gasteiger partial charge is 0.507 e. The fourth-order valence-corrected chi connectivity index (χ4v) is 3.52. The van der Waals surface area contributed by atoms with Gasteiger partial charge in [0.15, 0.2) is 11.2 Å². The molecule has 2 aromatic rings. The van der Waals surface area contributed by atoms with E-state index in [-0.39, 0.29) is 17.2 Å². The molecule has 0 saturated heterocycles. The first kappa shape index (κ1) is 17.9. The molecule has 1 amide bonds. The molecule has 8 nitrogen and oxygen atoms in total. The monoisotopic (exact) mass is 360 g/mol. The van der Waals surface area contributed by atoms with E-state index in [1.54, 1.807) is 0 Å². The SMILES string of the molecule is C[C@H](NC(=O)c1cc(=O)c2c(O)ccc([N+](=O)[O-])c2o1)C1CCCCC1. The van der Waals surface area contributed by atoms with Crippen molar-refractivity contribution in [2.75, 3.05) is 0 Å². The minimum atomic E-state index is -0.725. The topological polar surface area (TPSA) is 123 Å². The molecule has 1 aromatic carbocycles. The van der Waals surface area contributed by atoms with Crippen LogP contribution in [0.1, 0.15) is 49.6 Å². The van der Waals surface area contributed by atoms with Crippen LogP contribution >= 0.6 is 0 Å². The first-order valence-corrected chi connectivity index (χ1v) is 8.63. The third-order valence-corrected chi connectivity index (χ3v) is 4.97. The van der Waals surface area contributed by atoms with E-state index in [0.717, 1.165) is 43.9 Å². The van der Waals surface area contributed by atoms with E-state index >= 15 is 0 Å². The van der Waals surface area contributed by atoms with Gasteiger partial charge in [-0.3, -0.25) is 19.7 Å². The van der Waals surface area contributed by atoms with Crippen molar-refractivity contribution in [1.82, 2.24) is 5.32 Å². The highest BCUT2D eigenvalue weighted by Crippen LogP contribution is 2.31. The number of rotatable bonds is 4. The number of benzene rings is 1. The normalized spacial score (nSPS) is 16.3. The Morgan fingerprint density at radius 3 is 2.69 bits per heavy atom. The van der Waals surface area contributed by atoms with Gasteiger partial charge in [-0.15, -0.1) is 0 Å². The van der Waals surface area contributed by atoms with E-state index in [9.17, 15) is 24.8 Å². The average molecular weight is 360 g/mol. The van der Waals surface area contributed by atoms with Crippen LogP contribution in [0.3, 0.4) is 0 Å². The van der Waals surface area contributed by atoms with Gasteiger partial charge in [-0.25, -0.2) is 0 Å². The predicted molar refractivity (Wildman–Crippen MR) is 94.3 cm³/mol. The number of nitrogens with zero attached hydrogens (tertiary/aromatic N) is 1. The van der Waals surface area contributed by atoms with Gasteiger partial charge in [-0.2, -0.15) is 0 Å². The highest BCUT2D eigenvalue weighted by Gasteiger charge is 2.25. The zero-order valence-electron chi connectivity index (χ0n) is 14.4. The smallest absolute Gasteiger partial charge is 0.312 e. The summed E-state index contributed by atoms with van der Waals surface area (Å²) in [6, 6.07) is 2.95. The maximum Gasteiger partial charge on any atom is 0.312 e. The molecule has 1 fully saturated rings. The van der Waals surface area contributed by atoms with Crippen LogP contribution in [0.4, 0.5) is 5.69 Å². The van der Waals surface area contributed by atoms with E-state index in [1.165, 1.54) is 6.42 Å². The molecule has 0 radical (unpaired) electrons. The van der Waals surface area contributed by atoms with Crippen LogP contribution in [0.25, 0.3) is 11.0 Å². The van der Waals surface area contributed by atoms with Gasteiger partial charge in [0.05, 0.1) is 4.92 Å². The van der Waals surface area contributed by atoms with E-state index in [2.05, 4.69) is 5.32 Å². The third-order valence-electron chi connectivity index (χ3n) is 4.97. The molecule has 0 unspecified atom stereocenters. The van der Waals surface area contributed by atoms with Crippen LogP contribution in [0.2, 0.25) is 0 Å². The van der Waals surface area contributed by atoms with Gasteiger partial charge in [-0.05, 0) is 31.7 Å². The zero-order valence-corrected chi connectivity index (χ0v) is 14.4. The number of amides is 1. The lowest BCUT2D eigenvalue weighted by atomic mass is 9.84. The van der Waals surface area contributed by atoms with Crippen molar-refractivity contribution >= 4 is 22.6 Å². The Labute approximate surface area is 149 Å². The summed E-state index contributed by atoms with van der Waals surface area (Å²) in [5, 5.41) is 23.5. The molecular formula is C18H20N2O6. The van der Waals surface area contributed by atoms with Crippen LogP contribution in [0.5, 0.6) is 5.75 Å². The molecule has 8 heteroatoms. The number of carbonyl (C=O) groups is 1. The molecule has 1 aliphatic rings. The molecular weight excluding hydrogens is 340 g/mol. The number of carbonyl (C=O) groups excluding carboxylic acids is 1. The number of nitro benzene ring substituents is 1. The number of phenolic OH excluding ortho intramolecular Hbond substituents is 1. The third kappa shape index (κ3) is 3.40. The number of hydrogen-bond donors (Lipinski definition) is 2. The van der Waals surface area contributed by atoms with E-state index in [1.807, 2.05) is 6.92 Å². The summed E-state index contributed by atoms with van der Waals surface area (Å²) in [6.07, 6.45) is 5.51. The number of phenols is 1. The molecule has 0 bridgehead atoms. The fraction of sp³-hybridized carbons (Fsp3) is 0.444. The molecule has 1 aromatic heterocycles. The van der Waals surface area contributed by atoms with Crippen molar-refractivity contribution in [1.29, 1.82) is 0 Å². The number of nitro groups is 1. The number of aromatic hydroxyl groups is 1. The van der Waals surface area contributed by atoms with Crippen molar-refractivity contribution in [2.24, 2.45) is 5.92 Å². The van der Waals surface area contributed by atoms with E-state index in [4.69, 9.17) is 4.42 Å². The fourth-order valence-electron chi connectivity index (χ4n) is 3.52. The maximum atomic E-state index is 12.5. The molecule has 0 spiro atoms. The Hall–Kier alpha value is -2.90. The summed E-state index contributed by atoms with van der Waals surface area (Å²) >= 11 is 0. The van der Waals surface area contributed by atoms with Crippen molar-refractivity contribution in [2.45, 2.75) is 45.1 Å². The Balaban J connectivity index is 1.94. The first-order chi connectivity index (χ1) is 12.4. The molecule has 1 saturated carbocycles. The van der Waals surface area contributed by atoms with Crippen LogP contribution in [-0.4, -0.2) is 22.0 Å². The Morgan fingerprint density at radius 1 is 1.35 bits per heavy atom. The van der Waals surface area contributed by atoms with Gasteiger partial charge in [0, 0.05) is 18.2 Å². The molecule has 1 aliphatic carbocycles. The molecule has 2 N–H and O–H groups in total. The molecule has 26 heavy (non-hydrogen) atoms. The summed E-state index contributed by atoms with van der Waals surface area (Å²) in [5.74, 6) is -0.973. The summed E-state index contributed by atoms with van der Waals surface area (Å²) in [7, 11) is 0. The number of fused-ring (bicyclic) bond motifs is 1. The Bertz CT molecular complexity index is 914. The van der Waals surface area contributed by atoms with Crippen molar-refractivity contribution in [3.05, 3.63) is 44.3 Å². The predicted octanol–water partition coefficient (Wildman–Crippen LogP) is 3.11. The van der Waals surface area contributed by atoms with Crippen molar-refractivity contribution in [3.63, 3.8) is 0 Å². The highest BCUT2D eigenvalue weighted by atomic mass is 16.6. The maximum absolute atomic E-state index is 12.5. The Morgan fingerprint density at radius 2 is 2.04 bits per heavy atom. The second kappa shape index (κ2) is 7.15. The number of hydrogen-bond acceptors (Lipinski definition) is 6. The first-order valence-electron chi connectivity index (χ1n) is 8.63. The van der Waals surface area contributed by atoms with Gasteiger partial charge in [0.25, 0.3) is 5.91 Å². The van der Waals surface area contributed by atoms with Crippen LogP contribution < -0.4 is 10.7 Å². The summed E-state index contributed by atoms with van der Waals surface area (Å²) in [5.41, 5.74) is -1.59. The Kier molecular flexibility index (Phi) is 4.92. The second-order valence-electron chi connectivity index (χ2n) is 6.70. The lowest BCUT2D eigenvalue weighted by Gasteiger charge is -2.28. The molecule has 138 valence electrons. The minimum Gasteiger partial charge on any atom is -0.507 e. The molecule has 3 rings (SSSR count). The van der Waals surface area contributed by atoms with Crippen LogP contribution in [-0.2, 0) is 0 Å². The van der Waals surface area contributed by atoms with Crippen LogP contribution in [0, 0.1) is 16.0 Å². The summed E-state index contributed by atoms with van der Waals surface area (Å²) < 4.78 is 5.35. The van der Waals surface area contributed by atoms with E-state index in [0.29, 0.717) is 5.92 Å². The van der Waals surface area contributed by atoms with Gasteiger partial charge in [0.1, 0.15) is 11.1 Å². The van der Waals surface area contributed by atoms with Gasteiger partial charge in [0.2, 0.25) is 5.58 Å². The van der Waals surface area contributed by atoms with E-state index < -0.39 is 33.3 Å². The van der Waals surface area contributed by atoms with Crippen LogP contribution in [0.15, 0.2) is 27.4 Å². The van der Waals surface area contributed by atoms with Gasteiger partial charge >= 0.3 is 5.69 Å². The van der Waals surface area contributed by atoms with Crippen molar-refractivity contribution < 1.29 is 19.2 Å². The minimum absolute atomic E-state index is 0.0945. The molecule has 1 atom stereocenters. The quantitative estimate of drug-likeness (QED) is 0.638. The van der Waals surface area contributed by atoms with Crippen molar-refractivity contribution in [3.8, 4) is 5.75 Å². The average Bonchev–Trinajstić information content (AvgIpc) is 2.61. The lowest BCUT2D eigenvalue weighted by Crippen LogP contribution is -2.39. The van der Waals surface area contributed by atoms with Gasteiger partial charge < -0.3 is 14.8 Å². The molecule has 0 aliphatic heterocycles. The summed E-state index contributed by atoms with van der Waals surface area (Å²) in [4.78, 5) is 35.2. The molecule has 1 heterocycles. The highest BCUT2D eigenvalue weighted by molar-refractivity contribution is 5.96. The van der Waals surface area contributed by atoms with Gasteiger partial charge in [-0.1, -0.05) is 19.3 Å². The summed E-state index contributed by atoms with van der Waals surface area (Å²) in [6.45, 7) is 1.90. The standard InChI is InChI=1S/C18H20N2O6/c1-10(11-5-3-2-4-6-11)19-18(23)15-9-14(22)16-13(21)8-7-12(20(24)25)17(16)26-15/h7-11,21H,2-6H2,1H3,(H,19,23)/t10-/m0/s1. The second-order valence-corrected chi connectivity index (χ2v) is 6.70. The number of nitrogens with one attached hydrogen (secondary N) is 1. The zero-order chi connectivity index (χ0) is 18.8. The number of non-ortho nitro benzene ring substituents is 1.